The number of carbonyl (C=O) groups is 3. The number of hydrogen-bond donors (Lipinski definition) is 2. The summed E-state index contributed by atoms with van der Waals surface area (Å²) in [6, 6.07) is 14.2. The van der Waals surface area contributed by atoms with Crippen LogP contribution in [0.2, 0.25) is 0 Å². The third kappa shape index (κ3) is 3.68. The van der Waals surface area contributed by atoms with Crippen molar-refractivity contribution in [1.82, 2.24) is 4.90 Å². The van der Waals surface area contributed by atoms with Gasteiger partial charge in [0, 0.05) is 22.9 Å². The van der Waals surface area contributed by atoms with Crippen molar-refractivity contribution in [2.45, 2.75) is 69.9 Å². The van der Waals surface area contributed by atoms with Crippen LogP contribution < -0.4 is 11.1 Å². The highest BCUT2D eigenvalue weighted by Gasteiger charge is 2.55. The average Bonchev–Trinajstić information content (AvgIpc) is 2.80. The number of nitrogens with two attached hydrogens (primary N) is 1. The van der Waals surface area contributed by atoms with Crippen LogP contribution in [0.3, 0.4) is 0 Å². The minimum Gasteiger partial charge on any atom is -0.366 e. The maximum atomic E-state index is 13.8. The van der Waals surface area contributed by atoms with Gasteiger partial charge >= 0.3 is 0 Å². The van der Waals surface area contributed by atoms with Gasteiger partial charge < -0.3 is 16.0 Å². The molecule has 0 bridgehead atoms. The average molecular weight is 434 g/mol. The van der Waals surface area contributed by atoms with Crippen LogP contribution in [0.1, 0.15) is 84.6 Å². The molecule has 1 aliphatic heterocycles. The smallest absolute Gasteiger partial charge is 0.254 e. The van der Waals surface area contributed by atoms with Crippen LogP contribution in [0.5, 0.6) is 0 Å². The fourth-order valence-corrected chi connectivity index (χ4v) is 5.54. The molecule has 6 heteroatoms. The molecule has 1 heterocycles. The summed E-state index contributed by atoms with van der Waals surface area (Å²) >= 11 is 0. The van der Waals surface area contributed by atoms with E-state index in [0.29, 0.717) is 16.8 Å². The van der Waals surface area contributed by atoms with Crippen molar-refractivity contribution >= 4 is 23.4 Å². The largest absolute Gasteiger partial charge is 0.366 e. The molecule has 0 saturated heterocycles. The maximum Gasteiger partial charge on any atom is 0.254 e. The van der Waals surface area contributed by atoms with Crippen LogP contribution in [0.25, 0.3) is 0 Å². The van der Waals surface area contributed by atoms with Gasteiger partial charge in [-0.15, -0.1) is 0 Å². The quantitative estimate of drug-likeness (QED) is 0.729. The SMILES string of the molecule is CC[C@@H](C)N1C(=O)c2ccccc2[C@@H](C(=O)Nc2ccc(C(N)=O)cc2)C12CCCCC2. The fourth-order valence-electron chi connectivity index (χ4n) is 5.54. The normalized spacial score (nSPS) is 20.5. The molecule has 3 N–H and O–H groups in total. The third-order valence-corrected chi connectivity index (χ3v) is 7.19. The third-order valence-electron chi connectivity index (χ3n) is 7.19. The molecule has 2 aliphatic rings. The van der Waals surface area contributed by atoms with Gasteiger partial charge in [0.15, 0.2) is 0 Å². The van der Waals surface area contributed by atoms with Crippen LogP contribution in [-0.2, 0) is 4.79 Å². The molecule has 168 valence electrons. The number of hydrogen-bond acceptors (Lipinski definition) is 3. The summed E-state index contributed by atoms with van der Waals surface area (Å²) in [7, 11) is 0. The first-order valence-electron chi connectivity index (χ1n) is 11.5. The van der Waals surface area contributed by atoms with E-state index in [9.17, 15) is 14.4 Å². The predicted octanol–water partition coefficient (Wildman–Crippen LogP) is 4.47. The maximum absolute atomic E-state index is 13.8. The monoisotopic (exact) mass is 433 g/mol. The topological polar surface area (TPSA) is 92.5 Å². The zero-order chi connectivity index (χ0) is 22.9. The molecule has 1 saturated carbocycles. The molecule has 32 heavy (non-hydrogen) atoms. The van der Waals surface area contributed by atoms with Crippen LogP contribution >= 0.6 is 0 Å². The molecule has 2 aromatic rings. The van der Waals surface area contributed by atoms with Gasteiger partial charge in [-0.05, 0) is 62.1 Å². The van der Waals surface area contributed by atoms with E-state index in [-0.39, 0.29) is 17.9 Å². The first kappa shape index (κ1) is 22.1. The molecule has 0 unspecified atom stereocenters. The molecule has 2 aromatic carbocycles. The molecular formula is C26H31N3O3. The lowest BCUT2D eigenvalue weighted by Gasteiger charge is -2.55. The molecule has 0 radical (unpaired) electrons. The predicted molar refractivity (Wildman–Crippen MR) is 125 cm³/mol. The lowest BCUT2D eigenvalue weighted by atomic mass is 9.64. The van der Waals surface area contributed by atoms with Crippen LogP contribution in [0.15, 0.2) is 48.5 Å². The number of primary amides is 1. The first-order chi connectivity index (χ1) is 15.4. The van der Waals surface area contributed by atoms with Crippen LogP contribution in [0.4, 0.5) is 5.69 Å². The van der Waals surface area contributed by atoms with Crippen molar-refractivity contribution in [3.05, 3.63) is 65.2 Å². The van der Waals surface area contributed by atoms with E-state index in [1.54, 1.807) is 24.3 Å². The Balaban J connectivity index is 1.79. The lowest BCUT2D eigenvalue weighted by molar-refractivity contribution is -0.122. The number of fused-ring (bicyclic) bond motifs is 1. The highest BCUT2D eigenvalue weighted by atomic mass is 16.2. The molecule has 1 fully saturated rings. The minimum atomic E-state index is -0.531. The summed E-state index contributed by atoms with van der Waals surface area (Å²) in [5.74, 6) is -1.05. The number of nitrogens with one attached hydrogen (secondary N) is 1. The number of carbonyl (C=O) groups excluding carboxylic acids is 3. The Bertz CT molecular complexity index is 1020. The van der Waals surface area contributed by atoms with Crippen molar-refractivity contribution < 1.29 is 14.4 Å². The van der Waals surface area contributed by atoms with Crippen molar-refractivity contribution in [2.24, 2.45) is 5.73 Å². The van der Waals surface area contributed by atoms with Gasteiger partial charge in [-0.3, -0.25) is 14.4 Å². The van der Waals surface area contributed by atoms with E-state index in [4.69, 9.17) is 5.73 Å². The molecule has 3 amide bonds. The van der Waals surface area contributed by atoms with E-state index in [1.165, 1.54) is 0 Å². The summed E-state index contributed by atoms with van der Waals surface area (Å²) < 4.78 is 0. The summed E-state index contributed by atoms with van der Waals surface area (Å²) in [6.07, 6.45) is 5.58. The van der Waals surface area contributed by atoms with E-state index >= 15 is 0 Å². The van der Waals surface area contributed by atoms with Gasteiger partial charge in [0.05, 0.1) is 11.5 Å². The van der Waals surface area contributed by atoms with Gasteiger partial charge in [-0.1, -0.05) is 44.4 Å². The second-order valence-electron chi connectivity index (χ2n) is 9.05. The second kappa shape index (κ2) is 8.77. The van der Waals surface area contributed by atoms with E-state index in [1.807, 2.05) is 29.2 Å². The van der Waals surface area contributed by atoms with Crippen LogP contribution in [0, 0.1) is 0 Å². The summed E-state index contributed by atoms with van der Waals surface area (Å²) in [5, 5.41) is 3.05. The standard InChI is InChI=1S/C26H31N3O3/c1-3-17(2)29-25(32)21-10-6-5-9-20(21)22(26(29)15-7-4-8-16-26)24(31)28-19-13-11-18(12-14-19)23(27)30/h5-6,9-14,17,22H,3-4,7-8,15-16H2,1-2H3,(H2,27,30)(H,28,31)/t17-,22+/m1/s1. The van der Waals surface area contributed by atoms with Crippen molar-refractivity contribution in [2.75, 3.05) is 5.32 Å². The van der Waals surface area contributed by atoms with E-state index < -0.39 is 17.4 Å². The minimum absolute atomic E-state index is 0.0340. The van der Waals surface area contributed by atoms with Gasteiger partial charge in [0.1, 0.15) is 0 Å². The number of nitrogens with zero attached hydrogens (tertiary/aromatic N) is 1. The number of anilines is 1. The van der Waals surface area contributed by atoms with Gasteiger partial charge in [-0.2, -0.15) is 0 Å². The number of benzene rings is 2. The van der Waals surface area contributed by atoms with Gasteiger partial charge in [0.2, 0.25) is 11.8 Å². The number of amides is 3. The highest BCUT2D eigenvalue weighted by Crippen LogP contribution is 2.50. The lowest BCUT2D eigenvalue weighted by Crippen LogP contribution is -2.64. The molecule has 1 aliphatic carbocycles. The van der Waals surface area contributed by atoms with E-state index in [2.05, 4.69) is 19.2 Å². The molecular weight excluding hydrogens is 402 g/mol. The molecule has 0 aromatic heterocycles. The first-order valence-corrected chi connectivity index (χ1v) is 11.5. The van der Waals surface area contributed by atoms with Crippen LogP contribution in [-0.4, -0.2) is 34.2 Å². The Hall–Kier alpha value is -3.15. The molecule has 6 nitrogen and oxygen atoms in total. The van der Waals surface area contributed by atoms with Crippen molar-refractivity contribution in [3.8, 4) is 0 Å². The Kier molecular flexibility index (Phi) is 6.04. The zero-order valence-electron chi connectivity index (χ0n) is 18.8. The fraction of sp³-hybridized carbons (Fsp3) is 0.423. The summed E-state index contributed by atoms with van der Waals surface area (Å²) in [4.78, 5) is 40.9. The second-order valence-corrected chi connectivity index (χ2v) is 9.05. The Morgan fingerprint density at radius 2 is 1.75 bits per heavy atom. The van der Waals surface area contributed by atoms with E-state index in [0.717, 1.165) is 44.1 Å². The zero-order valence-corrected chi connectivity index (χ0v) is 18.8. The molecule has 4 rings (SSSR count). The van der Waals surface area contributed by atoms with Crippen molar-refractivity contribution in [3.63, 3.8) is 0 Å². The highest BCUT2D eigenvalue weighted by molar-refractivity contribution is 6.05. The molecule has 1 spiro atoms. The Morgan fingerprint density at radius 1 is 1.09 bits per heavy atom. The summed E-state index contributed by atoms with van der Waals surface area (Å²) in [5.41, 5.74) is 7.23. The van der Waals surface area contributed by atoms with Gasteiger partial charge in [0.25, 0.3) is 5.91 Å². The van der Waals surface area contributed by atoms with Gasteiger partial charge in [-0.25, -0.2) is 0 Å². The number of rotatable bonds is 5. The Morgan fingerprint density at radius 3 is 2.38 bits per heavy atom. The summed E-state index contributed by atoms with van der Waals surface area (Å²) in [6.45, 7) is 4.17. The van der Waals surface area contributed by atoms with Crippen molar-refractivity contribution in [1.29, 1.82) is 0 Å². The molecule has 2 atom stereocenters. The Labute approximate surface area is 189 Å².